The summed E-state index contributed by atoms with van der Waals surface area (Å²) in [6.45, 7) is 1.76. The van der Waals surface area contributed by atoms with Gasteiger partial charge in [0.1, 0.15) is 0 Å². The predicted molar refractivity (Wildman–Crippen MR) is 93.9 cm³/mol. The van der Waals surface area contributed by atoms with Crippen LogP contribution in [0, 0.1) is 3.57 Å². The molecule has 1 amide bonds. The van der Waals surface area contributed by atoms with Crippen molar-refractivity contribution in [3.05, 3.63) is 63.2 Å². The molecule has 0 fully saturated rings. The Labute approximate surface area is 143 Å². The van der Waals surface area contributed by atoms with Crippen molar-refractivity contribution in [2.24, 2.45) is 0 Å². The number of esters is 1. The van der Waals surface area contributed by atoms with Crippen LogP contribution < -0.4 is 5.32 Å². The molecule has 0 aliphatic rings. The van der Waals surface area contributed by atoms with Crippen LogP contribution in [-0.4, -0.2) is 18.5 Å². The SMILES string of the molecule is CCc1ccc(NC(=O)COC(=O)c2cccc(I)c2)cc1. The number of carbonyl (C=O) groups is 2. The molecule has 0 aromatic heterocycles. The zero-order valence-electron chi connectivity index (χ0n) is 12.1. The van der Waals surface area contributed by atoms with Gasteiger partial charge in [-0.1, -0.05) is 25.1 Å². The number of rotatable bonds is 5. The molecule has 2 rings (SSSR count). The van der Waals surface area contributed by atoms with Crippen LogP contribution in [0.2, 0.25) is 0 Å². The second-order valence-corrected chi connectivity index (χ2v) is 5.93. The van der Waals surface area contributed by atoms with Crippen molar-refractivity contribution in [2.45, 2.75) is 13.3 Å². The summed E-state index contributed by atoms with van der Waals surface area (Å²) in [5, 5.41) is 2.69. The third kappa shape index (κ3) is 4.84. The third-order valence-electron chi connectivity index (χ3n) is 3.04. The van der Waals surface area contributed by atoms with Crippen molar-refractivity contribution in [1.82, 2.24) is 0 Å². The Morgan fingerprint density at radius 3 is 2.50 bits per heavy atom. The second kappa shape index (κ2) is 7.93. The van der Waals surface area contributed by atoms with E-state index in [2.05, 4.69) is 34.8 Å². The van der Waals surface area contributed by atoms with Gasteiger partial charge in [0, 0.05) is 9.26 Å². The molecule has 0 unspecified atom stereocenters. The zero-order valence-corrected chi connectivity index (χ0v) is 14.3. The van der Waals surface area contributed by atoms with E-state index < -0.39 is 5.97 Å². The number of amides is 1. The molecule has 114 valence electrons. The Kier molecular flexibility index (Phi) is 5.94. The normalized spacial score (nSPS) is 10.1. The monoisotopic (exact) mass is 409 g/mol. The van der Waals surface area contributed by atoms with Gasteiger partial charge in [0.25, 0.3) is 5.91 Å². The minimum atomic E-state index is -0.505. The highest BCUT2D eigenvalue weighted by Gasteiger charge is 2.10. The average Bonchev–Trinajstić information content (AvgIpc) is 2.53. The van der Waals surface area contributed by atoms with Gasteiger partial charge in [0.2, 0.25) is 0 Å². The van der Waals surface area contributed by atoms with Crippen molar-refractivity contribution in [1.29, 1.82) is 0 Å². The van der Waals surface area contributed by atoms with E-state index >= 15 is 0 Å². The summed E-state index contributed by atoms with van der Waals surface area (Å²) in [6, 6.07) is 14.6. The highest BCUT2D eigenvalue weighted by Crippen LogP contribution is 2.11. The molecule has 0 spiro atoms. The topological polar surface area (TPSA) is 55.4 Å². The lowest BCUT2D eigenvalue weighted by Crippen LogP contribution is -2.20. The summed E-state index contributed by atoms with van der Waals surface area (Å²) in [5.41, 5.74) is 2.32. The largest absolute Gasteiger partial charge is 0.452 e. The van der Waals surface area contributed by atoms with Gasteiger partial charge in [-0.05, 0) is 64.9 Å². The van der Waals surface area contributed by atoms with Crippen LogP contribution in [0.5, 0.6) is 0 Å². The van der Waals surface area contributed by atoms with Crippen molar-refractivity contribution < 1.29 is 14.3 Å². The Balaban J connectivity index is 1.85. The molecule has 0 aliphatic heterocycles. The van der Waals surface area contributed by atoms with Gasteiger partial charge in [-0.2, -0.15) is 0 Å². The van der Waals surface area contributed by atoms with Gasteiger partial charge < -0.3 is 10.1 Å². The van der Waals surface area contributed by atoms with Crippen LogP contribution in [0.4, 0.5) is 5.69 Å². The van der Waals surface area contributed by atoms with E-state index in [1.165, 1.54) is 5.56 Å². The molecule has 0 saturated heterocycles. The summed E-state index contributed by atoms with van der Waals surface area (Å²) in [7, 11) is 0. The van der Waals surface area contributed by atoms with Gasteiger partial charge in [-0.3, -0.25) is 4.79 Å². The van der Waals surface area contributed by atoms with E-state index in [-0.39, 0.29) is 12.5 Å². The summed E-state index contributed by atoms with van der Waals surface area (Å²) in [5.74, 6) is -0.863. The van der Waals surface area contributed by atoms with Crippen molar-refractivity contribution >= 4 is 40.2 Å². The quantitative estimate of drug-likeness (QED) is 0.606. The number of anilines is 1. The lowest BCUT2D eigenvalue weighted by Gasteiger charge is -2.07. The van der Waals surface area contributed by atoms with Gasteiger partial charge >= 0.3 is 5.97 Å². The minimum absolute atomic E-state index is 0.306. The Bertz CT molecular complexity index is 668. The molecule has 5 heteroatoms. The van der Waals surface area contributed by atoms with Crippen molar-refractivity contribution in [2.75, 3.05) is 11.9 Å². The average molecular weight is 409 g/mol. The van der Waals surface area contributed by atoms with Gasteiger partial charge in [0.05, 0.1) is 5.56 Å². The maximum absolute atomic E-state index is 11.8. The number of ether oxygens (including phenoxy) is 1. The molecule has 0 aliphatic carbocycles. The summed E-state index contributed by atoms with van der Waals surface area (Å²) in [4.78, 5) is 23.6. The number of nitrogens with one attached hydrogen (secondary N) is 1. The fourth-order valence-electron chi connectivity index (χ4n) is 1.85. The first-order valence-corrected chi connectivity index (χ1v) is 7.98. The molecular formula is C17H16INO3. The number of hydrogen-bond donors (Lipinski definition) is 1. The summed E-state index contributed by atoms with van der Waals surface area (Å²) >= 11 is 2.11. The van der Waals surface area contributed by atoms with E-state index in [0.29, 0.717) is 11.3 Å². The third-order valence-corrected chi connectivity index (χ3v) is 3.71. The number of halogens is 1. The van der Waals surface area contributed by atoms with E-state index in [1.54, 1.807) is 18.2 Å². The summed E-state index contributed by atoms with van der Waals surface area (Å²) in [6.07, 6.45) is 0.946. The molecule has 2 aromatic carbocycles. The lowest BCUT2D eigenvalue weighted by molar-refractivity contribution is -0.119. The first kappa shape index (κ1) is 16.5. The molecule has 0 atom stereocenters. The Morgan fingerprint density at radius 2 is 1.86 bits per heavy atom. The fraction of sp³-hybridized carbons (Fsp3) is 0.176. The number of carbonyl (C=O) groups excluding carboxylic acids is 2. The molecule has 1 N–H and O–H groups in total. The number of aryl methyl sites for hydroxylation is 1. The fourth-order valence-corrected chi connectivity index (χ4v) is 2.39. The van der Waals surface area contributed by atoms with Crippen LogP contribution >= 0.6 is 22.6 Å². The molecule has 4 nitrogen and oxygen atoms in total. The summed E-state index contributed by atoms with van der Waals surface area (Å²) < 4.78 is 5.95. The first-order chi connectivity index (χ1) is 10.6. The maximum atomic E-state index is 11.8. The van der Waals surface area contributed by atoms with Gasteiger partial charge in [-0.25, -0.2) is 4.79 Å². The van der Waals surface area contributed by atoms with Gasteiger partial charge in [0.15, 0.2) is 6.61 Å². The van der Waals surface area contributed by atoms with Crippen molar-refractivity contribution in [3.63, 3.8) is 0 Å². The van der Waals surface area contributed by atoms with Crippen LogP contribution in [0.3, 0.4) is 0 Å². The number of hydrogen-bond acceptors (Lipinski definition) is 3. The standard InChI is InChI=1S/C17H16INO3/c1-2-12-6-8-15(9-7-12)19-16(20)11-22-17(21)13-4-3-5-14(18)10-13/h3-10H,2,11H2,1H3,(H,19,20). The van der Waals surface area contributed by atoms with Crippen LogP contribution in [0.15, 0.2) is 48.5 Å². The Morgan fingerprint density at radius 1 is 1.14 bits per heavy atom. The van der Waals surface area contributed by atoms with Crippen LogP contribution in [-0.2, 0) is 16.0 Å². The second-order valence-electron chi connectivity index (χ2n) is 4.69. The highest BCUT2D eigenvalue weighted by atomic mass is 127. The van der Waals surface area contributed by atoms with Crippen LogP contribution in [0.1, 0.15) is 22.8 Å². The van der Waals surface area contributed by atoms with E-state index in [0.717, 1.165) is 9.99 Å². The zero-order chi connectivity index (χ0) is 15.9. The highest BCUT2D eigenvalue weighted by molar-refractivity contribution is 14.1. The van der Waals surface area contributed by atoms with Gasteiger partial charge in [-0.15, -0.1) is 0 Å². The molecule has 0 radical (unpaired) electrons. The molecule has 22 heavy (non-hydrogen) atoms. The van der Waals surface area contributed by atoms with E-state index in [1.807, 2.05) is 30.3 Å². The molecular weight excluding hydrogens is 393 g/mol. The molecule has 0 bridgehead atoms. The predicted octanol–water partition coefficient (Wildman–Crippen LogP) is 3.65. The minimum Gasteiger partial charge on any atom is -0.452 e. The van der Waals surface area contributed by atoms with Crippen LogP contribution in [0.25, 0.3) is 0 Å². The number of benzene rings is 2. The lowest BCUT2D eigenvalue weighted by atomic mass is 10.1. The van der Waals surface area contributed by atoms with E-state index in [9.17, 15) is 9.59 Å². The molecule has 2 aromatic rings. The molecule has 0 saturated carbocycles. The first-order valence-electron chi connectivity index (χ1n) is 6.90. The van der Waals surface area contributed by atoms with Crippen molar-refractivity contribution in [3.8, 4) is 0 Å². The molecule has 0 heterocycles. The smallest absolute Gasteiger partial charge is 0.338 e. The Hall–Kier alpha value is -1.89. The van der Waals surface area contributed by atoms with E-state index in [4.69, 9.17) is 4.74 Å². The maximum Gasteiger partial charge on any atom is 0.338 e.